The minimum Gasteiger partial charge on any atom is -0.303 e. The lowest BCUT2D eigenvalue weighted by molar-refractivity contribution is 0.305. The number of likely N-dealkylation sites (tertiary alicyclic amines) is 1. The van der Waals surface area contributed by atoms with Gasteiger partial charge in [-0.05, 0) is 54.5 Å². The second-order valence-electron chi connectivity index (χ2n) is 4.77. The molecule has 0 radical (unpaired) electrons. The van der Waals surface area contributed by atoms with Crippen LogP contribution in [0, 0.1) is 0 Å². The first-order valence-corrected chi connectivity index (χ1v) is 6.85. The number of imidazole rings is 1. The van der Waals surface area contributed by atoms with Crippen LogP contribution in [-0.2, 0) is 6.42 Å². The highest BCUT2D eigenvalue weighted by Crippen LogP contribution is 2.22. The summed E-state index contributed by atoms with van der Waals surface area (Å²) in [5.74, 6) is 1.17. The number of pyridine rings is 1. The van der Waals surface area contributed by atoms with Crippen molar-refractivity contribution in [1.82, 2.24) is 14.3 Å². The average molecular weight is 294 g/mol. The third-order valence-electron chi connectivity index (χ3n) is 3.69. The van der Waals surface area contributed by atoms with Gasteiger partial charge in [-0.2, -0.15) is 0 Å². The zero-order valence-corrected chi connectivity index (χ0v) is 11.5. The molecule has 0 spiro atoms. The molecule has 17 heavy (non-hydrogen) atoms. The van der Waals surface area contributed by atoms with Crippen LogP contribution in [0.2, 0.25) is 0 Å². The van der Waals surface area contributed by atoms with Gasteiger partial charge >= 0.3 is 0 Å². The fourth-order valence-electron chi connectivity index (χ4n) is 2.64. The first-order valence-electron chi connectivity index (χ1n) is 6.06. The Morgan fingerprint density at radius 3 is 3.18 bits per heavy atom. The summed E-state index contributed by atoms with van der Waals surface area (Å²) >= 11 is 3.56. The average Bonchev–Trinajstić information content (AvgIpc) is 2.89. The van der Waals surface area contributed by atoms with E-state index >= 15 is 0 Å². The van der Waals surface area contributed by atoms with Gasteiger partial charge < -0.3 is 9.30 Å². The van der Waals surface area contributed by atoms with E-state index in [9.17, 15) is 0 Å². The van der Waals surface area contributed by atoms with Crippen LogP contribution in [0.15, 0.2) is 29.0 Å². The molecule has 0 saturated carbocycles. The fourth-order valence-corrected chi connectivity index (χ4v) is 3.09. The first kappa shape index (κ1) is 11.2. The van der Waals surface area contributed by atoms with Gasteiger partial charge in [0.05, 0.1) is 11.7 Å². The molecule has 0 N–H and O–H groups in total. The highest BCUT2D eigenvalue weighted by Gasteiger charge is 2.22. The molecule has 1 aliphatic heterocycles. The van der Waals surface area contributed by atoms with Crippen LogP contribution in [0.5, 0.6) is 0 Å². The van der Waals surface area contributed by atoms with E-state index in [1.54, 1.807) is 0 Å². The van der Waals surface area contributed by atoms with Crippen LogP contribution < -0.4 is 0 Å². The lowest BCUT2D eigenvalue weighted by atomic mass is 10.1. The Bertz CT molecular complexity index is 534. The molecule has 0 aliphatic carbocycles. The topological polar surface area (TPSA) is 20.5 Å². The quantitative estimate of drug-likeness (QED) is 0.849. The zero-order valence-electron chi connectivity index (χ0n) is 9.93. The van der Waals surface area contributed by atoms with Crippen molar-refractivity contribution in [3.63, 3.8) is 0 Å². The normalized spacial score (nSPS) is 21.4. The van der Waals surface area contributed by atoms with E-state index < -0.39 is 0 Å². The molecular weight excluding hydrogens is 278 g/mol. The highest BCUT2D eigenvalue weighted by atomic mass is 79.9. The lowest BCUT2D eigenvalue weighted by Gasteiger charge is -2.18. The second kappa shape index (κ2) is 4.42. The summed E-state index contributed by atoms with van der Waals surface area (Å²) in [6.07, 6.45) is 7.69. The van der Waals surface area contributed by atoms with Crippen LogP contribution in [0.3, 0.4) is 0 Å². The molecule has 4 heteroatoms. The second-order valence-corrected chi connectivity index (χ2v) is 5.62. The van der Waals surface area contributed by atoms with E-state index in [2.05, 4.69) is 55.6 Å². The van der Waals surface area contributed by atoms with Crippen molar-refractivity contribution in [2.45, 2.75) is 25.3 Å². The zero-order chi connectivity index (χ0) is 11.8. The molecule has 0 aromatic carbocycles. The van der Waals surface area contributed by atoms with Gasteiger partial charge in [0.15, 0.2) is 0 Å². The summed E-state index contributed by atoms with van der Waals surface area (Å²) in [4.78, 5) is 7.00. The summed E-state index contributed by atoms with van der Waals surface area (Å²) in [6.45, 7) is 1.22. The Morgan fingerprint density at radius 1 is 1.53 bits per heavy atom. The van der Waals surface area contributed by atoms with Gasteiger partial charge in [0.1, 0.15) is 5.82 Å². The smallest absolute Gasteiger partial charge is 0.114 e. The number of rotatable bonds is 2. The number of likely N-dealkylation sites (N-methyl/N-ethyl adjacent to an activating group) is 1. The molecule has 3 heterocycles. The molecule has 2 aromatic rings. The molecule has 1 aliphatic rings. The van der Waals surface area contributed by atoms with Crippen molar-refractivity contribution in [1.29, 1.82) is 0 Å². The number of hydrogen-bond donors (Lipinski definition) is 0. The maximum absolute atomic E-state index is 4.56. The molecule has 90 valence electrons. The first-order chi connectivity index (χ1) is 8.25. The van der Waals surface area contributed by atoms with Gasteiger partial charge in [-0.25, -0.2) is 4.98 Å². The van der Waals surface area contributed by atoms with E-state index in [-0.39, 0.29) is 0 Å². The Hall–Kier alpha value is -0.870. The highest BCUT2D eigenvalue weighted by molar-refractivity contribution is 9.10. The summed E-state index contributed by atoms with van der Waals surface area (Å²) < 4.78 is 3.30. The molecule has 1 unspecified atom stereocenters. The third-order valence-corrected chi connectivity index (χ3v) is 4.36. The van der Waals surface area contributed by atoms with E-state index in [4.69, 9.17) is 0 Å². The standard InChI is InChI=1S/C13H16BrN3/c1-16-6-2-4-10(16)8-13-15-9-12-11(14)5-3-7-17(12)13/h3,5,7,9-10H,2,4,6,8H2,1H3. The number of halogens is 1. The molecular formula is C13H16BrN3. The van der Waals surface area contributed by atoms with Crippen molar-refractivity contribution >= 4 is 21.4 Å². The third kappa shape index (κ3) is 2.00. The number of nitrogens with zero attached hydrogens (tertiary/aromatic N) is 3. The Morgan fingerprint density at radius 2 is 2.41 bits per heavy atom. The number of fused-ring (bicyclic) bond motifs is 1. The summed E-state index contributed by atoms with van der Waals surface area (Å²) in [6, 6.07) is 4.77. The molecule has 1 saturated heterocycles. The summed E-state index contributed by atoms with van der Waals surface area (Å²) in [5.41, 5.74) is 1.16. The van der Waals surface area contributed by atoms with E-state index in [1.807, 2.05) is 6.20 Å². The van der Waals surface area contributed by atoms with Crippen molar-refractivity contribution in [2.24, 2.45) is 0 Å². The molecule has 1 atom stereocenters. The predicted molar refractivity (Wildman–Crippen MR) is 72.2 cm³/mol. The summed E-state index contributed by atoms with van der Waals surface area (Å²) in [7, 11) is 2.21. The lowest BCUT2D eigenvalue weighted by Crippen LogP contribution is -2.27. The van der Waals surface area contributed by atoms with Gasteiger partial charge in [0.25, 0.3) is 0 Å². The van der Waals surface area contributed by atoms with Crippen molar-refractivity contribution in [3.05, 3.63) is 34.8 Å². The maximum Gasteiger partial charge on any atom is 0.114 e. The maximum atomic E-state index is 4.56. The van der Waals surface area contributed by atoms with Crippen LogP contribution in [0.1, 0.15) is 18.7 Å². The van der Waals surface area contributed by atoms with E-state index in [1.165, 1.54) is 25.2 Å². The van der Waals surface area contributed by atoms with Crippen LogP contribution in [0.25, 0.3) is 5.52 Å². The fraction of sp³-hybridized carbons (Fsp3) is 0.462. The van der Waals surface area contributed by atoms with Crippen molar-refractivity contribution < 1.29 is 0 Å². The minimum absolute atomic E-state index is 0.652. The SMILES string of the molecule is CN1CCCC1Cc1ncc2c(Br)cccn12. The largest absolute Gasteiger partial charge is 0.303 e. The number of aromatic nitrogens is 2. The van der Waals surface area contributed by atoms with Crippen LogP contribution in [-0.4, -0.2) is 33.9 Å². The summed E-state index contributed by atoms with van der Waals surface area (Å²) in [5, 5.41) is 0. The number of hydrogen-bond acceptors (Lipinski definition) is 2. The molecule has 2 aromatic heterocycles. The molecule has 3 rings (SSSR count). The van der Waals surface area contributed by atoms with Gasteiger partial charge in [-0.3, -0.25) is 0 Å². The molecule has 0 amide bonds. The van der Waals surface area contributed by atoms with E-state index in [0.717, 1.165) is 16.4 Å². The minimum atomic E-state index is 0.652. The Balaban J connectivity index is 1.93. The molecule has 1 fully saturated rings. The molecule has 0 bridgehead atoms. The Kier molecular flexibility index (Phi) is 2.92. The van der Waals surface area contributed by atoms with Gasteiger partial charge in [-0.15, -0.1) is 0 Å². The van der Waals surface area contributed by atoms with Crippen molar-refractivity contribution in [2.75, 3.05) is 13.6 Å². The molecule has 3 nitrogen and oxygen atoms in total. The van der Waals surface area contributed by atoms with Gasteiger partial charge in [0, 0.05) is 23.1 Å². The van der Waals surface area contributed by atoms with Gasteiger partial charge in [0.2, 0.25) is 0 Å². The van der Waals surface area contributed by atoms with Crippen LogP contribution >= 0.6 is 15.9 Å². The Labute approximate surface area is 110 Å². The van der Waals surface area contributed by atoms with Crippen LogP contribution in [0.4, 0.5) is 0 Å². The predicted octanol–water partition coefficient (Wildman–Crippen LogP) is 2.73. The van der Waals surface area contributed by atoms with Gasteiger partial charge in [-0.1, -0.05) is 0 Å². The monoisotopic (exact) mass is 293 g/mol. The van der Waals surface area contributed by atoms with Crippen molar-refractivity contribution in [3.8, 4) is 0 Å². The van der Waals surface area contributed by atoms with E-state index in [0.29, 0.717) is 6.04 Å².